The van der Waals surface area contributed by atoms with Crippen molar-refractivity contribution in [2.75, 3.05) is 6.54 Å². The van der Waals surface area contributed by atoms with Crippen molar-refractivity contribution in [3.63, 3.8) is 0 Å². The zero-order chi connectivity index (χ0) is 15.5. The van der Waals surface area contributed by atoms with Crippen LogP contribution in [0, 0.1) is 13.8 Å². The van der Waals surface area contributed by atoms with Gasteiger partial charge in [-0.05, 0) is 44.4 Å². The summed E-state index contributed by atoms with van der Waals surface area (Å²) in [4.78, 5) is 12.1. The highest BCUT2D eigenvalue weighted by molar-refractivity contribution is 8.00. The standard InChI is InChI=1S/C16H20N4OS/c1-11-6-5-7-13(10-11)20-12(2)18-19-16(20)22-14-8-3-4-9-17-15(14)21/h5-7,10,14H,3-4,8-9H2,1-2H3,(H,17,21)/t14-/m1/s1. The van der Waals surface area contributed by atoms with Crippen molar-refractivity contribution in [2.24, 2.45) is 0 Å². The SMILES string of the molecule is Cc1cccc(-n2c(C)nnc2S[C@@H]2CCCCNC2=O)c1. The average molecular weight is 316 g/mol. The first kappa shape index (κ1) is 15.1. The van der Waals surface area contributed by atoms with Crippen molar-refractivity contribution in [1.82, 2.24) is 20.1 Å². The molecule has 1 aromatic heterocycles. The zero-order valence-corrected chi connectivity index (χ0v) is 13.7. The lowest BCUT2D eigenvalue weighted by atomic mass is 10.2. The lowest BCUT2D eigenvalue weighted by Crippen LogP contribution is -2.30. The van der Waals surface area contributed by atoms with Crippen LogP contribution in [-0.4, -0.2) is 32.5 Å². The lowest BCUT2D eigenvalue weighted by Gasteiger charge is -2.14. The van der Waals surface area contributed by atoms with Gasteiger partial charge < -0.3 is 5.32 Å². The fraction of sp³-hybridized carbons (Fsp3) is 0.438. The lowest BCUT2D eigenvalue weighted by molar-refractivity contribution is -0.120. The maximum absolute atomic E-state index is 12.1. The predicted octanol–water partition coefficient (Wildman–Crippen LogP) is 2.64. The van der Waals surface area contributed by atoms with Crippen LogP contribution in [-0.2, 0) is 4.79 Å². The Balaban J connectivity index is 1.90. The van der Waals surface area contributed by atoms with Crippen molar-refractivity contribution in [1.29, 1.82) is 0 Å². The number of hydrogen-bond acceptors (Lipinski definition) is 4. The fourth-order valence-corrected chi connectivity index (χ4v) is 3.79. The van der Waals surface area contributed by atoms with Crippen LogP contribution >= 0.6 is 11.8 Å². The number of benzene rings is 1. The van der Waals surface area contributed by atoms with Crippen molar-refractivity contribution in [3.8, 4) is 5.69 Å². The Hall–Kier alpha value is -1.82. The highest BCUT2D eigenvalue weighted by atomic mass is 32.2. The molecule has 2 aromatic rings. The molecule has 1 aliphatic heterocycles. The fourth-order valence-electron chi connectivity index (χ4n) is 2.63. The van der Waals surface area contributed by atoms with Gasteiger partial charge in [0.05, 0.1) is 5.25 Å². The molecule has 1 atom stereocenters. The maximum atomic E-state index is 12.1. The van der Waals surface area contributed by atoms with Gasteiger partial charge in [-0.15, -0.1) is 10.2 Å². The number of amides is 1. The minimum absolute atomic E-state index is 0.0883. The van der Waals surface area contributed by atoms with Gasteiger partial charge in [-0.1, -0.05) is 30.3 Å². The summed E-state index contributed by atoms with van der Waals surface area (Å²) >= 11 is 1.51. The molecule has 0 aliphatic carbocycles. The Labute approximate surface area is 134 Å². The molecule has 0 bridgehead atoms. The second kappa shape index (κ2) is 6.52. The molecule has 1 saturated heterocycles. The topological polar surface area (TPSA) is 59.8 Å². The van der Waals surface area contributed by atoms with E-state index in [-0.39, 0.29) is 11.2 Å². The second-order valence-corrected chi connectivity index (χ2v) is 6.77. The normalized spacial score (nSPS) is 18.8. The predicted molar refractivity (Wildman–Crippen MR) is 87.3 cm³/mol. The Morgan fingerprint density at radius 1 is 1.27 bits per heavy atom. The van der Waals surface area contributed by atoms with Crippen LogP contribution in [0.5, 0.6) is 0 Å². The van der Waals surface area contributed by atoms with Gasteiger partial charge in [-0.3, -0.25) is 9.36 Å². The molecule has 0 spiro atoms. The van der Waals surface area contributed by atoms with Crippen LogP contribution in [0.2, 0.25) is 0 Å². The third kappa shape index (κ3) is 3.16. The Bertz CT molecular complexity index is 683. The maximum Gasteiger partial charge on any atom is 0.233 e. The average Bonchev–Trinajstić information content (AvgIpc) is 2.73. The highest BCUT2D eigenvalue weighted by Crippen LogP contribution is 2.29. The number of nitrogens with one attached hydrogen (secondary N) is 1. The molecule has 2 heterocycles. The molecule has 116 valence electrons. The largest absolute Gasteiger partial charge is 0.355 e. The van der Waals surface area contributed by atoms with Crippen molar-refractivity contribution < 1.29 is 4.79 Å². The quantitative estimate of drug-likeness (QED) is 0.946. The van der Waals surface area contributed by atoms with Gasteiger partial charge in [0, 0.05) is 12.2 Å². The van der Waals surface area contributed by atoms with Gasteiger partial charge in [0.1, 0.15) is 5.82 Å². The van der Waals surface area contributed by atoms with Crippen LogP contribution in [0.1, 0.15) is 30.7 Å². The number of rotatable bonds is 3. The molecule has 1 aromatic carbocycles. The monoisotopic (exact) mass is 316 g/mol. The van der Waals surface area contributed by atoms with E-state index in [0.29, 0.717) is 0 Å². The Morgan fingerprint density at radius 2 is 2.14 bits per heavy atom. The summed E-state index contributed by atoms with van der Waals surface area (Å²) in [6.45, 7) is 4.78. The summed E-state index contributed by atoms with van der Waals surface area (Å²) in [6, 6.07) is 8.24. The number of carbonyl (C=O) groups excluding carboxylic acids is 1. The Morgan fingerprint density at radius 3 is 2.95 bits per heavy atom. The number of carbonyl (C=O) groups is 1. The third-order valence-corrected chi connectivity index (χ3v) is 5.00. The van der Waals surface area contributed by atoms with Crippen LogP contribution in [0.4, 0.5) is 0 Å². The zero-order valence-electron chi connectivity index (χ0n) is 12.9. The molecule has 0 radical (unpaired) electrons. The summed E-state index contributed by atoms with van der Waals surface area (Å²) < 4.78 is 2.02. The molecule has 0 unspecified atom stereocenters. The van der Waals surface area contributed by atoms with E-state index in [1.165, 1.54) is 17.3 Å². The van der Waals surface area contributed by atoms with Gasteiger partial charge >= 0.3 is 0 Å². The summed E-state index contributed by atoms with van der Waals surface area (Å²) in [6.07, 6.45) is 3.00. The second-order valence-electron chi connectivity index (χ2n) is 5.60. The first-order chi connectivity index (χ1) is 10.6. The highest BCUT2D eigenvalue weighted by Gasteiger charge is 2.25. The first-order valence-electron chi connectivity index (χ1n) is 7.58. The van der Waals surface area contributed by atoms with E-state index in [4.69, 9.17) is 0 Å². The molecule has 1 fully saturated rings. The van der Waals surface area contributed by atoms with Crippen LogP contribution in [0.15, 0.2) is 29.4 Å². The summed E-state index contributed by atoms with van der Waals surface area (Å²) in [5.74, 6) is 0.945. The molecule has 22 heavy (non-hydrogen) atoms. The number of aromatic nitrogens is 3. The van der Waals surface area contributed by atoms with E-state index in [2.05, 4.69) is 34.6 Å². The number of nitrogens with zero attached hydrogens (tertiary/aromatic N) is 3. The summed E-state index contributed by atoms with van der Waals surface area (Å²) in [7, 11) is 0. The van der Waals surface area contributed by atoms with Crippen LogP contribution < -0.4 is 5.32 Å². The van der Waals surface area contributed by atoms with Crippen molar-refractivity contribution in [3.05, 3.63) is 35.7 Å². The smallest absolute Gasteiger partial charge is 0.233 e. The van der Waals surface area contributed by atoms with Crippen molar-refractivity contribution >= 4 is 17.7 Å². The minimum Gasteiger partial charge on any atom is -0.355 e. The third-order valence-electron chi connectivity index (χ3n) is 3.79. The van der Waals surface area contributed by atoms with E-state index in [9.17, 15) is 4.79 Å². The van der Waals surface area contributed by atoms with E-state index >= 15 is 0 Å². The van der Waals surface area contributed by atoms with Gasteiger partial charge in [-0.2, -0.15) is 0 Å². The van der Waals surface area contributed by atoms with E-state index in [1.54, 1.807) is 0 Å². The van der Waals surface area contributed by atoms with E-state index in [1.807, 2.05) is 23.6 Å². The number of aryl methyl sites for hydroxylation is 2. The van der Waals surface area contributed by atoms with Crippen molar-refractivity contribution in [2.45, 2.75) is 43.5 Å². The molecule has 5 nitrogen and oxygen atoms in total. The number of thioether (sulfide) groups is 1. The summed E-state index contributed by atoms with van der Waals surface area (Å²) in [5, 5.41) is 12.1. The first-order valence-corrected chi connectivity index (χ1v) is 8.46. The minimum atomic E-state index is -0.0883. The van der Waals surface area contributed by atoms with Crippen LogP contribution in [0.25, 0.3) is 5.69 Å². The molecular weight excluding hydrogens is 296 g/mol. The van der Waals surface area contributed by atoms with E-state index < -0.39 is 0 Å². The molecule has 0 saturated carbocycles. The Kier molecular flexibility index (Phi) is 4.47. The van der Waals surface area contributed by atoms with Gasteiger partial charge in [0.2, 0.25) is 5.91 Å². The molecule has 6 heteroatoms. The molecule has 3 rings (SSSR count). The molecule has 1 amide bonds. The molecule has 1 aliphatic rings. The van der Waals surface area contributed by atoms with Gasteiger partial charge in [-0.25, -0.2) is 0 Å². The van der Waals surface area contributed by atoms with Crippen LogP contribution in [0.3, 0.4) is 0 Å². The molecule has 1 N–H and O–H groups in total. The van der Waals surface area contributed by atoms with Gasteiger partial charge in [0.25, 0.3) is 0 Å². The van der Waals surface area contributed by atoms with E-state index in [0.717, 1.165) is 42.5 Å². The summed E-state index contributed by atoms with van der Waals surface area (Å²) in [5.41, 5.74) is 2.23. The number of hydrogen-bond donors (Lipinski definition) is 1. The molecular formula is C16H20N4OS. The van der Waals surface area contributed by atoms with Gasteiger partial charge in [0.15, 0.2) is 5.16 Å².